The fourth-order valence-electron chi connectivity index (χ4n) is 4.56. The predicted molar refractivity (Wildman–Crippen MR) is 166 cm³/mol. The summed E-state index contributed by atoms with van der Waals surface area (Å²) in [5.74, 6) is 1.68. The van der Waals surface area contributed by atoms with E-state index in [4.69, 9.17) is 14.2 Å². The highest BCUT2D eigenvalue weighted by atomic mass is 16.5. The lowest BCUT2D eigenvalue weighted by Gasteiger charge is -2.19. The first-order chi connectivity index (χ1) is 20.4. The van der Waals surface area contributed by atoms with Gasteiger partial charge in [0.05, 0.1) is 21.3 Å². The smallest absolute Gasteiger partial charge is 0.251 e. The zero-order valence-electron chi connectivity index (χ0n) is 24.4. The largest absolute Gasteiger partial charge is 0.497 e. The number of hydrogen-bond donors (Lipinski definition) is 3. The SMILES string of the molecule is COc1ccc(NCCNC(=O)[C@H](Cc2ccc(-c3cc(OC)ccc3OC)cc2)NC(=O)c2cccc(C)c2)cc1. The molecule has 1 atom stereocenters. The number of benzene rings is 4. The number of ether oxygens (including phenoxy) is 3. The highest BCUT2D eigenvalue weighted by Crippen LogP contribution is 2.33. The molecular formula is C34H37N3O5. The number of anilines is 1. The molecule has 0 heterocycles. The average Bonchev–Trinajstić information content (AvgIpc) is 3.03. The Bertz CT molecular complexity index is 1490. The summed E-state index contributed by atoms with van der Waals surface area (Å²) < 4.78 is 16.1. The third kappa shape index (κ3) is 8.04. The van der Waals surface area contributed by atoms with Crippen LogP contribution >= 0.6 is 0 Å². The lowest BCUT2D eigenvalue weighted by molar-refractivity contribution is -0.122. The maximum absolute atomic E-state index is 13.3. The molecule has 0 aliphatic rings. The number of hydrogen-bond acceptors (Lipinski definition) is 6. The maximum Gasteiger partial charge on any atom is 0.251 e. The van der Waals surface area contributed by atoms with Crippen LogP contribution in [0.3, 0.4) is 0 Å². The summed E-state index contributed by atoms with van der Waals surface area (Å²) in [7, 11) is 4.88. The third-order valence-corrected chi connectivity index (χ3v) is 6.86. The van der Waals surface area contributed by atoms with Crippen molar-refractivity contribution in [1.29, 1.82) is 0 Å². The van der Waals surface area contributed by atoms with E-state index in [9.17, 15) is 9.59 Å². The second kappa shape index (κ2) is 14.6. The molecule has 3 N–H and O–H groups in total. The molecule has 0 saturated heterocycles. The van der Waals surface area contributed by atoms with Gasteiger partial charge in [-0.1, -0.05) is 42.0 Å². The highest BCUT2D eigenvalue weighted by Gasteiger charge is 2.22. The van der Waals surface area contributed by atoms with E-state index in [2.05, 4.69) is 16.0 Å². The molecule has 8 heteroatoms. The molecule has 0 unspecified atom stereocenters. The zero-order chi connectivity index (χ0) is 29.9. The molecule has 8 nitrogen and oxygen atoms in total. The first-order valence-electron chi connectivity index (χ1n) is 13.7. The molecule has 0 fully saturated rings. The van der Waals surface area contributed by atoms with E-state index in [1.807, 2.05) is 85.8 Å². The average molecular weight is 568 g/mol. The van der Waals surface area contributed by atoms with E-state index in [1.165, 1.54) is 0 Å². The van der Waals surface area contributed by atoms with Crippen LogP contribution in [0.25, 0.3) is 11.1 Å². The van der Waals surface area contributed by atoms with E-state index >= 15 is 0 Å². The van der Waals surface area contributed by atoms with Gasteiger partial charge in [-0.05, 0) is 72.6 Å². The minimum atomic E-state index is -0.767. The van der Waals surface area contributed by atoms with Crippen molar-refractivity contribution >= 4 is 17.5 Å². The molecule has 0 spiro atoms. The number of carbonyl (C=O) groups excluding carboxylic acids is 2. The Morgan fingerprint density at radius 1 is 0.762 bits per heavy atom. The van der Waals surface area contributed by atoms with Crippen LogP contribution < -0.4 is 30.2 Å². The topological polar surface area (TPSA) is 97.9 Å². The summed E-state index contributed by atoms with van der Waals surface area (Å²) in [5, 5.41) is 9.17. The summed E-state index contributed by atoms with van der Waals surface area (Å²) in [4.78, 5) is 26.4. The molecule has 2 amide bonds. The molecule has 0 aromatic heterocycles. The standard InChI is InChI=1S/C34H37N3O5/c1-23-6-5-7-26(20-23)33(38)37-31(34(39)36-19-18-35-27-12-14-28(40-2)15-13-27)21-24-8-10-25(11-9-24)30-22-29(41-3)16-17-32(30)42-4/h5-17,20,22,31,35H,18-19,21H2,1-4H3,(H,36,39)(H,37,38)/t31-/m0/s1. The lowest BCUT2D eigenvalue weighted by Crippen LogP contribution is -2.48. The van der Waals surface area contributed by atoms with Gasteiger partial charge in [-0.15, -0.1) is 0 Å². The van der Waals surface area contributed by atoms with Crippen molar-refractivity contribution in [1.82, 2.24) is 10.6 Å². The van der Waals surface area contributed by atoms with Crippen LogP contribution in [0.4, 0.5) is 5.69 Å². The van der Waals surface area contributed by atoms with Gasteiger partial charge in [-0.3, -0.25) is 9.59 Å². The van der Waals surface area contributed by atoms with Gasteiger partial charge in [0.2, 0.25) is 5.91 Å². The number of carbonyl (C=O) groups is 2. The van der Waals surface area contributed by atoms with E-state index < -0.39 is 6.04 Å². The fourth-order valence-corrected chi connectivity index (χ4v) is 4.56. The zero-order valence-corrected chi connectivity index (χ0v) is 24.4. The molecule has 0 saturated carbocycles. The molecule has 0 aliphatic carbocycles. The van der Waals surface area contributed by atoms with E-state index in [0.717, 1.165) is 45.2 Å². The molecule has 0 bridgehead atoms. The van der Waals surface area contributed by atoms with Crippen molar-refractivity contribution < 1.29 is 23.8 Å². The summed E-state index contributed by atoms with van der Waals surface area (Å²) in [6.45, 7) is 2.83. The van der Waals surface area contributed by atoms with Gasteiger partial charge in [0, 0.05) is 36.3 Å². The van der Waals surface area contributed by atoms with Gasteiger partial charge < -0.3 is 30.2 Å². The number of nitrogens with one attached hydrogen (secondary N) is 3. The second-order valence-corrected chi connectivity index (χ2v) is 9.81. The van der Waals surface area contributed by atoms with Crippen LogP contribution in [0.1, 0.15) is 21.5 Å². The van der Waals surface area contributed by atoms with Crippen LogP contribution in [-0.2, 0) is 11.2 Å². The monoisotopic (exact) mass is 567 g/mol. The first-order valence-corrected chi connectivity index (χ1v) is 13.7. The Morgan fingerprint density at radius 3 is 2.14 bits per heavy atom. The summed E-state index contributed by atoms with van der Waals surface area (Å²) in [6, 6.07) is 27.6. The highest BCUT2D eigenvalue weighted by molar-refractivity contribution is 5.97. The van der Waals surface area contributed by atoms with Crippen LogP contribution in [0.15, 0.2) is 91.0 Å². The number of aryl methyl sites for hydroxylation is 1. The number of rotatable bonds is 13. The van der Waals surface area contributed by atoms with Crippen molar-refractivity contribution in [3.8, 4) is 28.4 Å². The Hall–Kier alpha value is -4.98. The van der Waals surface area contributed by atoms with Crippen molar-refractivity contribution in [2.75, 3.05) is 39.7 Å². The molecule has 0 aliphatic heterocycles. The Balaban J connectivity index is 1.45. The second-order valence-electron chi connectivity index (χ2n) is 9.81. The Kier molecular flexibility index (Phi) is 10.4. The van der Waals surface area contributed by atoms with E-state index in [1.54, 1.807) is 33.5 Å². The van der Waals surface area contributed by atoms with Crippen LogP contribution in [0.5, 0.6) is 17.2 Å². The van der Waals surface area contributed by atoms with Crippen molar-refractivity contribution in [3.63, 3.8) is 0 Å². The Morgan fingerprint density at radius 2 is 1.48 bits per heavy atom. The van der Waals surface area contributed by atoms with Crippen LogP contribution in [0, 0.1) is 6.92 Å². The first kappa shape index (κ1) is 30.0. The van der Waals surface area contributed by atoms with Gasteiger partial charge in [-0.25, -0.2) is 0 Å². The molecule has 218 valence electrons. The van der Waals surface area contributed by atoms with E-state index in [-0.39, 0.29) is 11.8 Å². The third-order valence-electron chi connectivity index (χ3n) is 6.86. The molecule has 4 aromatic rings. The normalized spacial score (nSPS) is 11.2. The summed E-state index contributed by atoms with van der Waals surface area (Å²) >= 11 is 0. The predicted octanol–water partition coefficient (Wildman–Crippen LogP) is 5.26. The van der Waals surface area contributed by atoms with Gasteiger partial charge in [0.25, 0.3) is 5.91 Å². The minimum Gasteiger partial charge on any atom is -0.497 e. The fraction of sp³-hybridized carbons (Fsp3) is 0.235. The summed E-state index contributed by atoms with van der Waals surface area (Å²) in [5.41, 5.74) is 5.15. The number of amides is 2. The van der Waals surface area contributed by atoms with Gasteiger partial charge in [0.1, 0.15) is 23.3 Å². The van der Waals surface area contributed by atoms with Gasteiger partial charge >= 0.3 is 0 Å². The Labute approximate surface area is 247 Å². The van der Waals surface area contributed by atoms with Crippen molar-refractivity contribution in [2.24, 2.45) is 0 Å². The van der Waals surface area contributed by atoms with Crippen LogP contribution in [0.2, 0.25) is 0 Å². The molecular weight excluding hydrogens is 530 g/mol. The van der Waals surface area contributed by atoms with Crippen molar-refractivity contribution in [2.45, 2.75) is 19.4 Å². The summed E-state index contributed by atoms with van der Waals surface area (Å²) in [6.07, 6.45) is 0.324. The molecule has 4 rings (SSSR count). The van der Waals surface area contributed by atoms with Crippen molar-refractivity contribution in [3.05, 3.63) is 108 Å². The van der Waals surface area contributed by atoms with Gasteiger partial charge in [0.15, 0.2) is 0 Å². The molecule has 0 radical (unpaired) electrons. The quantitative estimate of drug-likeness (QED) is 0.191. The molecule has 42 heavy (non-hydrogen) atoms. The maximum atomic E-state index is 13.3. The minimum absolute atomic E-state index is 0.258. The van der Waals surface area contributed by atoms with Crippen LogP contribution in [-0.4, -0.2) is 52.3 Å². The molecule has 4 aromatic carbocycles. The number of methoxy groups -OCH3 is 3. The van der Waals surface area contributed by atoms with Gasteiger partial charge in [-0.2, -0.15) is 0 Å². The van der Waals surface area contributed by atoms with E-state index in [0.29, 0.717) is 25.1 Å². The lowest BCUT2D eigenvalue weighted by atomic mass is 9.99.